The Hall–Kier alpha value is -0.150. The number of halogens is 1. The van der Waals surface area contributed by atoms with E-state index in [0.29, 0.717) is 6.54 Å². The second-order valence-electron chi connectivity index (χ2n) is 3.29. The van der Waals surface area contributed by atoms with E-state index in [4.69, 9.17) is 5.73 Å². The van der Waals surface area contributed by atoms with Crippen LogP contribution in [-0.2, 0) is 0 Å². The number of alkyl halides is 1. The number of nitrogens with two attached hydrogens (primary N) is 1. The molecule has 10 heavy (non-hydrogen) atoms. The van der Waals surface area contributed by atoms with Crippen molar-refractivity contribution >= 4 is 0 Å². The molecule has 3 atom stereocenters. The highest BCUT2D eigenvalue weighted by Crippen LogP contribution is 2.15. The molecule has 1 aliphatic heterocycles. The van der Waals surface area contributed by atoms with Crippen molar-refractivity contribution in [1.82, 2.24) is 4.90 Å². The second-order valence-corrected chi connectivity index (χ2v) is 3.29. The maximum Gasteiger partial charge on any atom is 0.128 e. The highest BCUT2D eigenvalue weighted by Gasteiger charge is 2.29. The molecule has 1 fully saturated rings. The Morgan fingerprint density at radius 1 is 1.50 bits per heavy atom. The molecule has 0 aromatic rings. The molecule has 0 aliphatic carbocycles. The lowest BCUT2D eigenvalue weighted by atomic mass is 9.94. The summed E-state index contributed by atoms with van der Waals surface area (Å²) in [6.07, 6.45) is -0.839. The molecule has 1 heterocycles. The Bertz CT molecular complexity index is 106. The number of likely N-dealkylation sites (tertiary alicyclic amines) is 1. The molecule has 1 aliphatic rings. The van der Waals surface area contributed by atoms with Crippen LogP contribution >= 0.6 is 0 Å². The zero-order valence-corrected chi connectivity index (χ0v) is 6.55. The van der Waals surface area contributed by atoms with Crippen molar-refractivity contribution in [3.8, 4) is 0 Å². The number of hydrogen-bond donors (Lipinski definition) is 1. The van der Waals surface area contributed by atoms with Gasteiger partial charge in [0.05, 0.1) is 0 Å². The van der Waals surface area contributed by atoms with E-state index in [1.54, 1.807) is 0 Å². The Morgan fingerprint density at radius 3 is 2.60 bits per heavy atom. The maximum atomic E-state index is 12.9. The quantitative estimate of drug-likeness (QED) is 0.530. The molecular weight excluding hydrogens is 131 g/mol. The van der Waals surface area contributed by atoms with Gasteiger partial charge in [0.15, 0.2) is 0 Å². The van der Waals surface area contributed by atoms with Gasteiger partial charge in [-0.3, -0.25) is 0 Å². The zero-order chi connectivity index (χ0) is 7.72. The van der Waals surface area contributed by atoms with Gasteiger partial charge in [0.25, 0.3) is 0 Å². The number of nitrogens with zero attached hydrogens (tertiary/aromatic N) is 1. The average molecular weight is 146 g/mol. The monoisotopic (exact) mass is 146 g/mol. The predicted molar refractivity (Wildman–Crippen MR) is 39.5 cm³/mol. The fourth-order valence-corrected chi connectivity index (χ4v) is 1.46. The van der Waals surface area contributed by atoms with Crippen LogP contribution in [0.2, 0.25) is 0 Å². The number of rotatable bonds is 0. The molecule has 0 radical (unpaired) electrons. The van der Waals surface area contributed by atoms with Crippen LogP contribution in [0, 0.1) is 5.92 Å². The van der Waals surface area contributed by atoms with E-state index in [1.165, 1.54) is 0 Å². The van der Waals surface area contributed by atoms with Crippen molar-refractivity contribution in [3.05, 3.63) is 0 Å². The molecule has 0 aromatic heterocycles. The molecule has 0 spiro atoms. The average Bonchev–Trinajstić information content (AvgIpc) is 1.82. The van der Waals surface area contributed by atoms with E-state index in [9.17, 15) is 4.39 Å². The smallest absolute Gasteiger partial charge is 0.128 e. The third-order valence-corrected chi connectivity index (χ3v) is 2.16. The zero-order valence-electron chi connectivity index (χ0n) is 6.55. The van der Waals surface area contributed by atoms with Crippen molar-refractivity contribution in [2.75, 3.05) is 20.1 Å². The van der Waals surface area contributed by atoms with Gasteiger partial charge >= 0.3 is 0 Å². The molecule has 0 saturated carbocycles. The molecule has 2 nitrogen and oxygen atoms in total. The van der Waals surface area contributed by atoms with Crippen LogP contribution in [0.15, 0.2) is 0 Å². The first kappa shape index (κ1) is 7.95. The Morgan fingerprint density at radius 2 is 2.10 bits per heavy atom. The van der Waals surface area contributed by atoms with Crippen molar-refractivity contribution in [3.63, 3.8) is 0 Å². The van der Waals surface area contributed by atoms with Crippen molar-refractivity contribution in [2.45, 2.75) is 19.1 Å². The second kappa shape index (κ2) is 2.84. The van der Waals surface area contributed by atoms with Gasteiger partial charge in [-0.15, -0.1) is 0 Å². The normalized spacial score (nSPS) is 43.8. The van der Waals surface area contributed by atoms with Gasteiger partial charge in [0, 0.05) is 19.1 Å². The third-order valence-electron chi connectivity index (χ3n) is 2.16. The van der Waals surface area contributed by atoms with Crippen molar-refractivity contribution in [2.24, 2.45) is 11.7 Å². The van der Waals surface area contributed by atoms with E-state index in [-0.39, 0.29) is 12.0 Å². The lowest BCUT2D eigenvalue weighted by Gasteiger charge is -2.35. The summed E-state index contributed by atoms with van der Waals surface area (Å²) in [7, 11) is 1.93. The van der Waals surface area contributed by atoms with Gasteiger partial charge in [-0.05, 0) is 13.0 Å². The summed E-state index contributed by atoms with van der Waals surface area (Å²) in [4.78, 5) is 1.98. The van der Waals surface area contributed by atoms with E-state index >= 15 is 0 Å². The lowest BCUT2D eigenvalue weighted by molar-refractivity contribution is 0.101. The van der Waals surface area contributed by atoms with Crippen LogP contribution in [0.3, 0.4) is 0 Å². The van der Waals surface area contributed by atoms with Crippen molar-refractivity contribution < 1.29 is 4.39 Å². The summed E-state index contributed by atoms with van der Waals surface area (Å²) >= 11 is 0. The molecule has 3 heteroatoms. The molecule has 0 amide bonds. The third kappa shape index (κ3) is 1.47. The summed E-state index contributed by atoms with van der Waals surface area (Å²) in [5, 5.41) is 0. The van der Waals surface area contributed by atoms with Crippen LogP contribution in [-0.4, -0.2) is 37.3 Å². The first-order chi connectivity index (χ1) is 4.61. The first-order valence-electron chi connectivity index (χ1n) is 3.69. The number of piperidine rings is 1. The van der Waals surface area contributed by atoms with E-state index in [1.807, 2.05) is 18.9 Å². The SMILES string of the molecule is CC1CN(C)CC(F)C1N. The summed E-state index contributed by atoms with van der Waals surface area (Å²) in [5.74, 6) is 0.286. The minimum Gasteiger partial charge on any atom is -0.325 e. The van der Waals surface area contributed by atoms with Crippen LogP contribution in [0.4, 0.5) is 4.39 Å². The van der Waals surface area contributed by atoms with Crippen LogP contribution in [0.5, 0.6) is 0 Å². The maximum absolute atomic E-state index is 12.9. The Labute approximate surface area is 61.2 Å². The summed E-state index contributed by atoms with van der Waals surface area (Å²) in [6.45, 7) is 3.40. The van der Waals surface area contributed by atoms with Crippen LogP contribution < -0.4 is 5.73 Å². The standard InChI is InChI=1S/C7H15FN2/c1-5-3-10(2)4-6(8)7(5)9/h5-7H,3-4,9H2,1-2H3. The van der Waals surface area contributed by atoms with Crippen molar-refractivity contribution in [1.29, 1.82) is 0 Å². The highest BCUT2D eigenvalue weighted by molar-refractivity contribution is 4.86. The summed E-state index contributed by atoms with van der Waals surface area (Å²) < 4.78 is 12.9. The highest BCUT2D eigenvalue weighted by atomic mass is 19.1. The van der Waals surface area contributed by atoms with Crippen LogP contribution in [0.25, 0.3) is 0 Å². The Kier molecular flexibility index (Phi) is 2.26. The topological polar surface area (TPSA) is 29.3 Å². The molecule has 60 valence electrons. The summed E-state index contributed by atoms with van der Waals surface area (Å²) in [6, 6.07) is -0.254. The molecule has 2 N–H and O–H groups in total. The summed E-state index contributed by atoms with van der Waals surface area (Å²) in [5.41, 5.74) is 5.58. The largest absolute Gasteiger partial charge is 0.325 e. The van der Waals surface area contributed by atoms with Crippen LogP contribution in [0.1, 0.15) is 6.92 Å². The fraction of sp³-hybridized carbons (Fsp3) is 1.00. The first-order valence-corrected chi connectivity index (χ1v) is 3.69. The van der Waals surface area contributed by atoms with Gasteiger partial charge in [-0.2, -0.15) is 0 Å². The van der Waals surface area contributed by atoms with Gasteiger partial charge in [-0.1, -0.05) is 6.92 Å². The minimum absolute atomic E-state index is 0.254. The van der Waals surface area contributed by atoms with E-state index < -0.39 is 6.17 Å². The molecule has 0 aromatic carbocycles. The number of hydrogen-bond acceptors (Lipinski definition) is 2. The molecule has 0 bridgehead atoms. The lowest BCUT2D eigenvalue weighted by Crippen LogP contribution is -2.52. The molecule has 3 unspecified atom stereocenters. The van der Waals surface area contributed by atoms with Gasteiger partial charge in [-0.25, -0.2) is 4.39 Å². The van der Waals surface area contributed by atoms with Gasteiger partial charge in [0.2, 0.25) is 0 Å². The fourth-order valence-electron chi connectivity index (χ4n) is 1.46. The minimum atomic E-state index is -0.839. The van der Waals surface area contributed by atoms with Gasteiger partial charge in [0.1, 0.15) is 6.17 Å². The van der Waals surface area contributed by atoms with E-state index in [2.05, 4.69) is 0 Å². The molecule has 1 rings (SSSR count). The predicted octanol–water partition coefficient (Wildman–Crippen LogP) is 0.233. The van der Waals surface area contributed by atoms with E-state index in [0.717, 1.165) is 6.54 Å². The Balaban J connectivity index is 2.49. The molecular formula is C7H15FN2. The molecule has 1 saturated heterocycles. The van der Waals surface area contributed by atoms with Gasteiger partial charge < -0.3 is 10.6 Å².